The summed E-state index contributed by atoms with van der Waals surface area (Å²) in [5, 5.41) is 0. The SMILES string of the molecule is CCCCCCCCCCCCCCC(=O)O[C@H](COC(=O)CCCCCCCCCCCC)COC(=O)CCCCCCCCCCCCC. The molecule has 0 unspecified atom stereocenters. The minimum atomic E-state index is -0.757. The van der Waals surface area contributed by atoms with Crippen molar-refractivity contribution in [3.63, 3.8) is 0 Å². The molecule has 0 heterocycles. The van der Waals surface area contributed by atoms with Crippen LogP contribution >= 0.6 is 0 Å². The zero-order valence-corrected chi connectivity index (χ0v) is 34.4. The third-order valence-electron chi connectivity index (χ3n) is 10.1. The van der Waals surface area contributed by atoms with Crippen molar-refractivity contribution in [3.05, 3.63) is 0 Å². The molecule has 0 N–H and O–H groups in total. The maximum atomic E-state index is 12.7. The van der Waals surface area contributed by atoms with Gasteiger partial charge >= 0.3 is 17.9 Å². The Morgan fingerprint density at radius 2 is 0.529 bits per heavy atom. The Morgan fingerprint density at radius 3 is 0.784 bits per heavy atom. The number of carbonyl (C=O) groups is 3. The molecule has 0 fully saturated rings. The van der Waals surface area contributed by atoms with Gasteiger partial charge < -0.3 is 14.2 Å². The summed E-state index contributed by atoms with van der Waals surface area (Å²) in [6.45, 7) is 6.63. The van der Waals surface area contributed by atoms with Crippen LogP contribution in [-0.4, -0.2) is 37.2 Å². The third-order valence-corrected chi connectivity index (χ3v) is 10.1. The summed E-state index contributed by atoms with van der Waals surface area (Å²) in [6, 6.07) is 0. The van der Waals surface area contributed by atoms with Crippen LogP contribution in [0.5, 0.6) is 0 Å². The van der Waals surface area contributed by atoms with Gasteiger partial charge in [-0.1, -0.05) is 213 Å². The summed E-state index contributed by atoms with van der Waals surface area (Å²) in [4.78, 5) is 37.6. The average Bonchev–Trinajstić information content (AvgIpc) is 3.12. The second kappa shape index (κ2) is 41.2. The van der Waals surface area contributed by atoms with Crippen LogP contribution in [-0.2, 0) is 28.6 Å². The van der Waals surface area contributed by atoms with Gasteiger partial charge in [0.05, 0.1) is 0 Å². The maximum Gasteiger partial charge on any atom is 0.306 e. The number of esters is 3. The van der Waals surface area contributed by atoms with Crippen LogP contribution in [0.2, 0.25) is 0 Å². The number of rotatable bonds is 41. The predicted octanol–water partition coefficient (Wildman–Crippen LogP) is 14.1. The predicted molar refractivity (Wildman–Crippen MR) is 215 cm³/mol. The zero-order valence-electron chi connectivity index (χ0n) is 34.4. The largest absolute Gasteiger partial charge is 0.462 e. The molecule has 0 bridgehead atoms. The first-order chi connectivity index (χ1) is 25.0. The highest BCUT2D eigenvalue weighted by Crippen LogP contribution is 2.15. The Labute approximate surface area is 317 Å². The molecule has 0 aliphatic rings. The van der Waals surface area contributed by atoms with Gasteiger partial charge in [0.15, 0.2) is 6.10 Å². The molecule has 0 aromatic rings. The van der Waals surface area contributed by atoms with Crippen molar-refractivity contribution in [3.8, 4) is 0 Å². The first-order valence-electron chi connectivity index (χ1n) is 22.5. The van der Waals surface area contributed by atoms with Gasteiger partial charge in [-0.05, 0) is 19.3 Å². The van der Waals surface area contributed by atoms with Gasteiger partial charge in [0.1, 0.15) is 13.2 Å². The van der Waals surface area contributed by atoms with Crippen molar-refractivity contribution < 1.29 is 28.6 Å². The fourth-order valence-electron chi connectivity index (χ4n) is 6.68. The molecule has 6 heteroatoms. The van der Waals surface area contributed by atoms with Gasteiger partial charge in [0.2, 0.25) is 0 Å². The first-order valence-corrected chi connectivity index (χ1v) is 22.5. The Bertz CT molecular complexity index is 753. The third kappa shape index (κ3) is 39.5. The molecule has 0 aromatic heterocycles. The molecular formula is C45H86O6. The molecule has 0 amide bonds. The molecule has 302 valence electrons. The number of hydrogen-bond donors (Lipinski definition) is 0. The highest BCUT2D eigenvalue weighted by Gasteiger charge is 2.19. The van der Waals surface area contributed by atoms with Crippen LogP contribution in [0.15, 0.2) is 0 Å². The monoisotopic (exact) mass is 723 g/mol. The van der Waals surface area contributed by atoms with Gasteiger partial charge in [0, 0.05) is 19.3 Å². The molecule has 0 aliphatic carbocycles. The first kappa shape index (κ1) is 49.4. The Hall–Kier alpha value is -1.59. The minimum Gasteiger partial charge on any atom is -0.462 e. The molecule has 0 saturated heterocycles. The van der Waals surface area contributed by atoms with Crippen LogP contribution < -0.4 is 0 Å². The normalized spacial score (nSPS) is 11.8. The summed E-state index contributed by atoms with van der Waals surface area (Å²) in [5.41, 5.74) is 0. The van der Waals surface area contributed by atoms with Crippen LogP contribution in [0, 0.1) is 0 Å². The average molecular weight is 723 g/mol. The zero-order chi connectivity index (χ0) is 37.3. The second-order valence-corrected chi connectivity index (χ2v) is 15.3. The van der Waals surface area contributed by atoms with Crippen molar-refractivity contribution >= 4 is 17.9 Å². The lowest BCUT2D eigenvalue weighted by Gasteiger charge is -2.18. The van der Waals surface area contributed by atoms with Gasteiger partial charge in [-0.2, -0.15) is 0 Å². The van der Waals surface area contributed by atoms with Crippen molar-refractivity contribution in [1.82, 2.24) is 0 Å². The van der Waals surface area contributed by atoms with E-state index in [0.29, 0.717) is 19.3 Å². The lowest BCUT2D eigenvalue weighted by Crippen LogP contribution is -2.30. The molecule has 0 rings (SSSR count). The van der Waals surface area contributed by atoms with E-state index in [4.69, 9.17) is 14.2 Å². The van der Waals surface area contributed by atoms with Crippen molar-refractivity contribution in [1.29, 1.82) is 0 Å². The van der Waals surface area contributed by atoms with Crippen molar-refractivity contribution in [2.75, 3.05) is 13.2 Å². The standard InChI is InChI=1S/C45H86O6/c1-4-7-10-13-16-19-22-24-27-30-33-36-39-45(48)51-42(40-49-43(46)37-34-31-28-25-21-18-15-12-9-6-3)41-50-44(47)38-35-32-29-26-23-20-17-14-11-8-5-2/h42H,4-41H2,1-3H3/t42-/m1/s1. The molecule has 6 nitrogen and oxygen atoms in total. The number of unbranched alkanes of at least 4 members (excludes halogenated alkanes) is 30. The quantitative estimate of drug-likeness (QED) is 0.0355. The topological polar surface area (TPSA) is 78.9 Å². The Kier molecular flexibility index (Phi) is 39.9. The van der Waals surface area contributed by atoms with Crippen LogP contribution in [0.3, 0.4) is 0 Å². The summed E-state index contributed by atoms with van der Waals surface area (Å²) in [5.74, 6) is -0.854. The minimum absolute atomic E-state index is 0.0629. The fraction of sp³-hybridized carbons (Fsp3) is 0.933. The fourth-order valence-corrected chi connectivity index (χ4v) is 6.68. The second-order valence-electron chi connectivity index (χ2n) is 15.3. The Morgan fingerprint density at radius 1 is 0.314 bits per heavy atom. The van der Waals surface area contributed by atoms with Gasteiger partial charge in [-0.3, -0.25) is 14.4 Å². The molecule has 51 heavy (non-hydrogen) atoms. The maximum absolute atomic E-state index is 12.7. The smallest absolute Gasteiger partial charge is 0.306 e. The van der Waals surface area contributed by atoms with E-state index in [0.717, 1.165) is 57.8 Å². The van der Waals surface area contributed by atoms with Gasteiger partial charge in [-0.25, -0.2) is 0 Å². The molecule has 0 spiro atoms. The van der Waals surface area contributed by atoms with Crippen molar-refractivity contribution in [2.45, 2.75) is 258 Å². The van der Waals surface area contributed by atoms with Gasteiger partial charge in [0.25, 0.3) is 0 Å². The molecule has 1 atom stereocenters. The lowest BCUT2D eigenvalue weighted by atomic mass is 10.0. The van der Waals surface area contributed by atoms with E-state index in [1.807, 2.05) is 0 Å². The van der Waals surface area contributed by atoms with E-state index >= 15 is 0 Å². The Balaban J connectivity index is 4.32. The molecule has 0 radical (unpaired) electrons. The highest BCUT2D eigenvalue weighted by molar-refractivity contribution is 5.71. The van der Waals surface area contributed by atoms with Crippen LogP contribution in [0.25, 0.3) is 0 Å². The lowest BCUT2D eigenvalue weighted by molar-refractivity contribution is -0.167. The van der Waals surface area contributed by atoms with E-state index in [1.54, 1.807) is 0 Å². The number of carbonyl (C=O) groups excluding carboxylic acids is 3. The van der Waals surface area contributed by atoms with E-state index in [9.17, 15) is 14.4 Å². The van der Waals surface area contributed by atoms with E-state index < -0.39 is 6.10 Å². The number of hydrogen-bond acceptors (Lipinski definition) is 6. The highest BCUT2D eigenvalue weighted by atomic mass is 16.6. The molecule has 0 aromatic carbocycles. The molecule has 0 saturated carbocycles. The summed E-state index contributed by atoms with van der Waals surface area (Å²) < 4.78 is 16.7. The van der Waals surface area contributed by atoms with E-state index in [1.165, 1.54) is 154 Å². The van der Waals surface area contributed by atoms with E-state index in [-0.39, 0.29) is 31.1 Å². The van der Waals surface area contributed by atoms with Crippen LogP contribution in [0.4, 0.5) is 0 Å². The number of ether oxygens (including phenoxy) is 3. The van der Waals surface area contributed by atoms with Crippen LogP contribution in [0.1, 0.15) is 252 Å². The van der Waals surface area contributed by atoms with E-state index in [2.05, 4.69) is 20.8 Å². The summed E-state index contributed by atoms with van der Waals surface area (Å²) in [7, 11) is 0. The molecular weight excluding hydrogens is 636 g/mol. The summed E-state index contributed by atoms with van der Waals surface area (Å²) >= 11 is 0. The molecule has 0 aliphatic heterocycles. The summed E-state index contributed by atoms with van der Waals surface area (Å²) in [6.07, 6.45) is 40.8. The van der Waals surface area contributed by atoms with Crippen molar-refractivity contribution in [2.24, 2.45) is 0 Å². The van der Waals surface area contributed by atoms with Gasteiger partial charge in [-0.15, -0.1) is 0 Å².